The van der Waals surface area contributed by atoms with Crippen molar-refractivity contribution in [2.75, 3.05) is 19.8 Å². The summed E-state index contributed by atoms with van der Waals surface area (Å²) in [6, 6.07) is 8.17. The smallest absolute Gasteiger partial charge is 0.104 e. The van der Waals surface area contributed by atoms with Gasteiger partial charge in [-0.05, 0) is 24.5 Å². The first-order valence-electron chi connectivity index (χ1n) is 6.27. The fourth-order valence-electron chi connectivity index (χ4n) is 1.95. The van der Waals surface area contributed by atoms with E-state index in [0.29, 0.717) is 5.25 Å². The molecule has 1 saturated heterocycles. The maximum atomic E-state index is 8.76. The molecule has 1 fully saturated rings. The van der Waals surface area contributed by atoms with Gasteiger partial charge in [0, 0.05) is 29.8 Å². The molecular weight excluding hydrogens is 244 g/mol. The standard InChI is InChI=1S/C15H18O2S/c16-9-3-6-13-4-1-2-5-14(13)12-18-15-7-10-17-11-8-15/h1-2,4-5,15-16H,7-12H2. The molecule has 0 saturated carbocycles. The monoisotopic (exact) mass is 262 g/mol. The zero-order valence-corrected chi connectivity index (χ0v) is 11.2. The van der Waals surface area contributed by atoms with E-state index >= 15 is 0 Å². The summed E-state index contributed by atoms with van der Waals surface area (Å²) in [6.45, 7) is 1.70. The van der Waals surface area contributed by atoms with Crippen LogP contribution in [0.25, 0.3) is 0 Å². The fraction of sp³-hybridized carbons (Fsp3) is 0.467. The van der Waals surface area contributed by atoms with E-state index in [2.05, 4.69) is 17.9 Å². The van der Waals surface area contributed by atoms with Gasteiger partial charge in [-0.1, -0.05) is 30.0 Å². The van der Waals surface area contributed by atoms with Crippen molar-refractivity contribution in [1.29, 1.82) is 0 Å². The number of hydrogen-bond donors (Lipinski definition) is 1. The van der Waals surface area contributed by atoms with E-state index < -0.39 is 0 Å². The molecule has 1 aromatic rings. The molecule has 1 aliphatic heterocycles. The number of ether oxygens (including phenoxy) is 1. The third kappa shape index (κ3) is 4.06. The molecule has 2 nitrogen and oxygen atoms in total. The Morgan fingerprint density at radius 2 is 2.06 bits per heavy atom. The molecule has 1 aliphatic rings. The lowest BCUT2D eigenvalue weighted by atomic mass is 10.1. The van der Waals surface area contributed by atoms with Crippen molar-refractivity contribution in [3.05, 3.63) is 35.4 Å². The maximum absolute atomic E-state index is 8.76. The lowest BCUT2D eigenvalue weighted by Gasteiger charge is -2.21. The van der Waals surface area contributed by atoms with Crippen LogP contribution in [0, 0.1) is 11.8 Å². The van der Waals surface area contributed by atoms with Gasteiger partial charge in [-0.15, -0.1) is 0 Å². The SMILES string of the molecule is OCC#Cc1ccccc1CSC1CCOCC1. The predicted molar refractivity (Wildman–Crippen MR) is 75.5 cm³/mol. The third-order valence-electron chi connectivity index (χ3n) is 2.96. The van der Waals surface area contributed by atoms with Crippen LogP contribution < -0.4 is 0 Å². The molecule has 1 heterocycles. The Kier molecular flexibility index (Phi) is 5.60. The van der Waals surface area contributed by atoms with Gasteiger partial charge >= 0.3 is 0 Å². The molecule has 0 aliphatic carbocycles. The van der Waals surface area contributed by atoms with Gasteiger partial charge in [0.1, 0.15) is 6.61 Å². The second-order valence-electron chi connectivity index (χ2n) is 4.24. The molecule has 0 atom stereocenters. The summed E-state index contributed by atoms with van der Waals surface area (Å²) in [5.41, 5.74) is 2.29. The summed E-state index contributed by atoms with van der Waals surface area (Å²) in [4.78, 5) is 0. The van der Waals surface area contributed by atoms with Crippen molar-refractivity contribution in [3.63, 3.8) is 0 Å². The van der Waals surface area contributed by atoms with Crippen LogP contribution in [0.4, 0.5) is 0 Å². The van der Waals surface area contributed by atoms with Crippen LogP contribution in [0.15, 0.2) is 24.3 Å². The van der Waals surface area contributed by atoms with Crippen LogP contribution >= 0.6 is 11.8 Å². The Morgan fingerprint density at radius 3 is 2.83 bits per heavy atom. The fourth-order valence-corrected chi connectivity index (χ4v) is 3.15. The lowest BCUT2D eigenvalue weighted by molar-refractivity contribution is 0.1000. The molecule has 0 amide bonds. The van der Waals surface area contributed by atoms with Gasteiger partial charge in [0.25, 0.3) is 0 Å². The Bertz CT molecular complexity index is 428. The molecule has 0 spiro atoms. The molecule has 0 bridgehead atoms. The van der Waals surface area contributed by atoms with Crippen molar-refractivity contribution < 1.29 is 9.84 Å². The maximum Gasteiger partial charge on any atom is 0.104 e. The highest BCUT2D eigenvalue weighted by atomic mass is 32.2. The van der Waals surface area contributed by atoms with E-state index in [-0.39, 0.29) is 6.61 Å². The predicted octanol–water partition coefficient (Wildman–Crippen LogP) is 2.44. The normalized spacial score (nSPS) is 16.1. The zero-order valence-electron chi connectivity index (χ0n) is 10.4. The minimum Gasteiger partial charge on any atom is -0.384 e. The summed E-state index contributed by atoms with van der Waals surface area (Å²) < 4.78 is 5.37. The van der Waals surface area contributed by atoms with Crippen molar-refractivity contribution >= 4 is 11.8 Å². The summed E-state index contributed by atoms with van der Waals surface area (Å²) >= 11 is 1.99. The van der Waals surface area contributed by atoms with Crippen molar-refractivity contribution in [1.82, 2.24) is 0 Å². The number of hydrogen-bond acceptors (Lipinski definition) is 3. The van der Waals surface area contributed by atoms with E-state index in [0.717, 1.165) is 37.4 Å². The summed E-state index contributed by atoms with van der Waals surface area (Å²) in [6.07, 6.45) is 2.30. The quantitative estimate of drug-likeness (QED) is 0.848. The molecule has 1 N–H and O–H groups in total. The first kappa shape index (κ1) is 13.5. The van der Waals surface area contributed by atoms with Crippen LogP contribution in [0.1, 0.15) is 24.0 Å². The molecule has 0 unspecified atom stereocenters. The van der Waals surface area contributed by atoms with Gasteiger partial charge in [0.05, 0.1) is 0 Å². The minimum absolute atomic E-state index is 0.0819. The average molecular weight is 262 g/mol. The molecular formula is C15H18O2S. The Hall–Kier alpha value is -0.950. The van der Waals surface area contributed by atoms with E-state index in [1.807, 2.05) is 30.0 Å². The van der Waals surface area contributed by atoms with E-state index in [1.165, 1.54) is 5.56 Å². The zero-order chi connectivity index (χ0) is 12.6. The molecule has 1 aromatic carbocycles. The van der Waals surface area contributed by atoms with Gasteiger partial charge in [0.15, 0.2) is 0 Å². The van der Waals surface area contributed by atoms with E-state index in [4.69, 9.17) is 9.84 Å². The highest BCUT2D eigenvalue weighted by Gasteiger charge is 2.14. The summed E-state index contributed by atoms with van der Waals surface area (Å²) in [5.74, 6) is 6.72. The molecule has 3 heteroatoms. The number of benzene rings is 1. The topological polar surface area (TPSA) is 29.5 Å². The largest absolute Gasteiger partial charge is 0.384 e. The first-order chi connectivity index (χ1) is 8.90. The Labute approximate surface area is 113 Å². The lowest BCUT2D eigenvalue weighted by Crippen LogP contribution is -2.17. The molecule has 96 valence electrons. The summed E-state index contributed by atoms with van der Waals surface area (Å²) in [7, 11) is 0. The number of aliphatic hydroxyl groups is 1. The van der Waals surface area contributed by atoms with Crippen LogP contribution in [-0.4, -0.2) is 30.2 Å². The van der Waals surface area contributed by atoms with Gasteiger partial charge < -0.3 is 9.84 Å². The van der Waals surface area contributed by atoms with Crippen LogP contribution in [0.5, 0.6) is 0 Å². The molecule has 18 heavy (non-hydrogen) atoms. The van der Waals surface area contributed by atoms with Crippen LogP contribution in [0.3, 0.4) is 0 Å². The number of thioether (sulfide) groups is 1. The number of aliphatic hydroxyl groups excluding tert-OH is 1. The highest BCUT2D eigenvalue weighted by Crippen LogP contribution is 2.26. The van der Waals surface area contributed by atoms with Gasteiger partial charge in [0.2, 0.25) is 0 Å². The second kappa shape index (κ2) is 7.48. The van der Waals surface area contributed by atoms with Gasteiger partial charge in [-0.25, -0.2) is 0 Å². The number of rotatable bonds is 3. The van der Waals surface area contributed by atoms with Crippen molar-refractivity contribution in [2.45, 2.75) is 23.8 Å². The third-order valence-corrected chi connectivity index (χ3v) is 4.38. The first-order valence-corrected chi connectivity index (χ1v) is 7.32. The van der Waals surface area contributed by atoms with Gasteiger partial charge in [-0.3, -0.25) is 0 Å². The van der Waals surface area contributed by atoms with Crippen LogP contribution in [-0.2, 0) is 10.5 Å². The highest BCUT2D eigenvalue weighted by molar-refractivity contribution is 7.99. The van der Waals surface area contributed by atoms with Gasteiger partial charge in [-0.2, -0.15) is 11.8 Å². The van der Waals surface area contributed by atoms with E-state index in [9.17, 15) is 0 Å². The Morgan fingerprint density at radius 1 is 1.28 bits per heavy atom. The minimum atomic E-state index is -0.0819. The molecule has 2 rings (SSSR count). The second-order valence-corrected chi connectivity index (χ2v) is 5.53. The average Bonchev–Trinajstić information content (AvgIpc) is 2.45. The van der Waals surface area contributed by atoms with E-state index in [1.54, 1.807) is 0 Å². The Balaban J connectivity index is 1.95. The summed E-state index contributed by atoms with van der Waals surface area (Å²) in [5, 5.41) is 9.47. The van der Waals surface area contributed by atoms with Crippen molar-refractivity contribution in [3.8, 4) is 11.8 Å². The van der Waals surface area contributed by atoms with Crippen molar-refractivity contribution in [2.24, 2.45) is 0 Å². The van der Waals surface area contributed by atoms with Crippen LogP contribution in [0.2, 0.25) is 0 Å². The molecule has 0 aromatic heterocycles. The molecule has 0 radical (unpaired) electrons.